The van der Waals surface area contributed by atoms with E-state index in [4.69, 9.17) is 0 Å². The average molecular weight is 295 g/mol. The lowest BCUT2D eigenvalue weighted by Crippen LogP contribution is -2.40. The van der Waals surface area contributed by atoms with Gasteiger partial charge in [-0.1, -0.05) is 0 Å². The van der Waals surface area contributed by atoms with Crippen LogP contribution in [0, 0.1) is 0 Å². The Morgan fingerprint density at radius 2 is 2.20 bits per heavy atom. The number of pyridine rings is 1. The van der Waals surface area contributed by atoms with Gasteiger partial charge in [0.05, 0.1) is 0 Å². The zero-order chi connectivity index (χ0) is 14.2. The fourth-order valence-electron chi connectivity index (χ4n) is 2.83. The largest absolute Gasteiger partial charge is 0.351 e. The Labute approximate surface area is 120 Å². The number of anilines is 1. The first-order valence-electron chi connectivity index (χ1n) is 7.21. The Morgan fingerprint density at radius 1 is 1.40 bits per heavy atom. The van der Waals surface area contributed by atoms with Gasteiger partial charge in [-0.15, -0.1) is 0 Å². The summed E-state index contributed by atoms with van der Waals surface area (Å²) in [5, 5.41) is 3.48. The number of rotatable bonds is 5. The highest BCUT2D eigenvalue weighted by molar-refractivity contribution is 7.90. The van der Waals surface area contributed by atoms with Crippen LogP contribution in [-0.2, 0) is 9.84 Å². The molecule has 1 aliphatic carbocycles. The van der Waals surface area contributed by atoms with E-state index in [-0.39, 0.29) is 0 Å². The summed E-state index contributed by atoms with van der Waals surface area (Å²) in [6.07, 6.45) is 7.56. The predicted octanol–water partition coefficient (Wildman–Crippen LogP) is 1.21. The van der Waals surface area contributed by atoms with Crippen molar-refractivity contribution in [3.05, 3.63) is 18.3 Å². The second-order valence-electron chi connectivity index (χ2n) is 5.77. The van der Waals surface area contributed by atoms with Crippen molar-refractivity contribution in [2.75, 3.05) is 24.2 Å². The van der Waals surface area contributed by atoms with Crippen molar-refractivity contribution >= 4 is 15.7 Å². The zero-order valence-corrected chi connectivity index (χ0v) is 12.6. The minimum atomic E-state index is -3.24. The Bertz CT molecular complexity index is 578. The maximum absolute atomic E-state index is 12.0. The quantitative estimate of drug-likeness (QED) is 0.884. The first-order valence-corrected chi connectivity index (χ1v) is 9.10. The number of hydrogen-bond donors (Lipinski definition) is 1. The summed E-state index contributed by atoms with van der Waals surface area (Å²) in [5.41, 5.74) is 0. The van der Waals surface area contributed by atoms with E-state index in [0.29, 0.717) is 22.8 Å². The van der Waals surface area contributed by atoms with Crippen LogP contribution in [0.25, 0.3) is 0 Å². The van der Waals surface area contributed by atoms with Crippen LogP contribution in [0.5, 0.6) is 0 Å². The van der Waals surface area contributed by atoms with E-state index in [0.717, 1.165) is 32.4 Å². The average Bonchev–Trinajstić information content (AvgIpc) is 3.12. The summed E-state index contributed by atoms with van der Waals surface area (Å²) >= 11 is 0. The molecule has 3 rings (SSSR count). The smallest absolute Gasteiger partial charge is 0.179 e. The van der Waals surface area contributed by atoms with Crippen molar-refractivity contribution in [1.82, 2.24) is 10.3 Å². The molecule has 6 heteroatoms. The van der Waals surface area contributed by atoms with Crippen molar-refractivity contribution in [1.29, 1.82) is 0 Å². The lowest BCUT2D eigenvalue weighted by molar-refractivity contribution is 0.570. The molecule has 1 saturated carbocycles. The van der Waals surface area contributed by atoms with Crippen LogP contribution in [0.1, 0.15) is 25.7 Å². The minimum Gasteiger partial charge on any atom is -0.351 e. The molecule has 0 amide bonds. The van der Waals surface area contributed by atoms with Crippen LogP contribution in [-0.4, -0.2) is 44.8 Å². The van der Waals surface area contributed by atoms with Gasteiger partial charge in [0.1, 0.15) is 10.7 Å². The molecule has 2 heterocycles. The summed E-state index contributed by atoms with van der Waals surface area (Å²) in [5.74, 6) is 0.631. The number of nitrogens with zero attached hydrogens (tertiary/aromatic N) is 2. The molecule has 0 bridgehead atoms. The molecule has 0 spiro atoms. The van der Waals surface area contributed by atoms with E-state index < -0.39 is 9.84 Å². The van der Waals surface area contributed by atoms with E-state index in [2.05, 4.69) is 15.2 Å². The fraction of sp³-hybridized carbons (Fsp3) is 0.643. The van der Waals surface area contributed by atoms with Gasteiger partial charge in [0, 0.05) is 31.1 Å². The van der Waals surface area contributed by atoms with Crippen LogP contribution < -0.4 is 10.2 Å². The normalized spacial score (nSPS) is 22.9. The van der Waals surface area contributed by atoms with Crippen molar-refractivity contribution in [3.8, 4) is 0 Å². The van der Waals surface area contributed by atoms with Crippen LogP contribution >= 0.6 is 0 Å². The van der Waals surface area contributed by atoms with Gasteiger partial charge < -0.3 is 10.2 Å². The molecule has 1 N–H and O–H groups in total. The molecule has 1 atom stereocenters. The minimum absolute atomic E-state index is 0.352. The number of sulfone groups is 1. The Morgan fingerprint density at radius 3 is 2.80 bits per heavy atom. The zero-order valence-electron chi connectivity index (χ0n) is 11.7. The summed E-state index contributed by atoms with van der Waals surface area (Å²) in [7, 11) is -3.24. The third-order valence-electron chi connectivity index (χ3n) is 3.99. The van der Waals surface area contributed by atoms with Gasteiger partial charge in [0.15, 0.2) is 9.84 Å². The predicted molar refractivity (Wildman–Crippen MR) is 78.7 cm³/mol. The molecular weight excluding hydrogens is 274 g/mol. The number of nitrogens with one attached hydrogen (secondary N) is 1. The molecule has 1 aromatic rings. The number of aromatic nitrogens is 1. The maximum atomic E-state index is 12.0. The van der Waals surface area contributed by atoms with Crippen molar-refractivity contribution < 1.29 is 8.42 Å². The van der Waals surface area contributed by atoms with Gasteiger partial charge in [-0.25, -0.2) is 13.4 Å². The van der Waals surface area contributed by atoms with Gasteiger partial charge in [0.25, 0.3) is 0 Å². The van der Waals surface area contributed by atoms with Crippen molar-refractivity contribution in [2.45, 2.75) is 42.7 Å². The topological polar surface area (TPSA) is 62.3 Å². The van der Waals surface area contributed by atoms with Gasteiger partial charge in [-0.05, 0) is 44.4 Å². The molecule has 0 radical (unpaired) electrons. The van der Waals surface area contributed by atoms with Gasteiger partial charge in [-0.2, -0.15) is 0 Å². The summed E-state index contributed by atoms with van der Waals surface area (Å²) in [4.78, 5) is 6.91. The van der Waals surface area contributed by atoms with Gasteiger partial charge >= 0.3 is 0 Å². The molecule has 5 nitrogen and oxygen atoms in total. The van der Waals surface area contributed by atoms with Crippen molar-refractivity contribution in [3.63, 3.8) is 0 Å². The fourth-order valence-corrected chi connectivity index (χ4v) is 3.66. The summed E-state index contributed by atoms with van der Waals surface area (Å²) in [6.45, 7) is 1.91. The Balaban J connectivity index is 1.91. The molecular formula is C14H21N3O2S. The lowest BCUT2D eigenvalue weighted by atomic mass is 10.2. The molecule has 1 unspecified atom stereocenters. The van der Waals surface area contributed by atoms with E-state index in [1.165, 1.54) is 12.7 Å². The van der Waals surface area contributed by atoms with Crippen LogP contribution in [0.15, 0.2) is 23.2 Å². The van der Waals surface area contributed by atoms with Gasteiger partial charge in [0.2, 0.25) is 0 Å². The molecule has 0 aromatic carbocycles. The highest BCUT2D eigenvalue weighted by Crippen LogP contribution is 2.34. The Kier molecular flexibility index (Phi) is 3.69. The lowest BCUT2D eigenvalue weighted by Gasteiger charge is -2.28. The van der Waals surface area contributed by atoms with Crippen LogP contribution in [0.4, 0.5) is 5.82 Å². The van der Waals surface area contributed by atoms with E-state index >= 15 is 0 Å². The van der Waals surface area contributed by atoms with Crippen LogP contribution in [0.3, 0.4) is 0 Å². The molecule has 1 aromatic heterocycles. The Hall–Kier alpha value is -1.14. The SMILES string of the molecule is CS(=O)(=O)c1cccnc1N(CC1CCCN1)C1CC1. The highest BCUT2D eigenvalue weighted by atomic mass is 32.2. The monoisotopic (exact) mass is 295 g/mol. The number of hydrogen-bond acceptors (Lipinski definition) is 5. The first kappa shape index (κ1) is 13.8. The summed E-state index contributed by atoms with van der Waals surface area (Å²) in [6, 6.07) is 4.26. The molecule has 2 aliphatic rings. The standard InChI is InChI=1S/C14H21N3O2S/c1-20(18,19)13-5-3-9-16-14(13)17(12-6-7-12)10-11-4-2-8-15-11/h3,5,9,11-12,15H,2,4,6-8,10H2,1H3. The third-order valence-corrected chi connectivity index (χ3v) is 5.11. The van der Waals surface area contributed by atoms with Gasteiger partial charge in [-0.3, -0.25) is 0 Å². The maximum Gasteiger partial charge on any atom is 0.179 e. The molecule has 110 valence electrons. The molecule has 1 aliphatic heterocycles. The molecule has 20 heavy (non-hydrogen) atoms. The highest BCUT2D eigenvalue weighted by Gasteiger charge is 2.34. The van der Waals surface area contributed by atoms with Crippen molar-refractivity contribution in [2.24, 2.45) is 0 Å². The second kappa shape index (κ2) is 5.33. The first-order chi connectivity index (χ1) is 9.55. The molecule has 2 fully saturated rings. The second-order valence-corrected chi connectivity index (χ2v) is 7.76. The summed E-state index contributed by atoms with van der Waals surface area (Å²) < 4.78 is 23.9. The molecule has 1 saturated heterocycles. The van der Waals surface area contributed by atoms with Crippen LogP contribution in [0.2, 0.25) is 0 Å². The van der Waals surface area contributed by atoms with E-state index in [1.807, 2.05) is 0 Å². The third kappa shape index (κ3) is 2.96. The van der Waals surface area contributed by atoms with E-state index in [1.54, 1.807) is 18.3 Å². The van der Waals surface area contributed by atoms with E-state index in [9.17, 15) is 8.42 Å².